The number of aromatic amines is 1. The van der Waals surface area contributed by atoms with Gasteiger partial charge in [0.2, 0.25) is 5.78 Å². The largest absolute Gasteiger partial charge is 0.398 e. The fraction of sp³-hybridized carbons (Fsp3) is 0. The smallest absolute Gasteiger partial charge is 0.230 e. The Kier molecular flexibility index (Phi) is 2.34. The lowest BCUT2D eigenvalue weighted by molar-refractivity contribution is 0.103. The fourth-order valence-corrected chi connectivity index (χ4v) is 1.89. The van der Waals surface area contributed by atoms with Gasteiger partial charge in [-0.05, 0) is 24.3 Å². The highest BCUT2D eigenvalue weighted by Gasteiger charge is 2.15. The van der Waals surface area contributed by atoms with Crippen LogP contribution >= 0.6 is 0 Å². The first-order valence-corrected chi connectivity index (χ1v) is 5.59. The Morgan fingerprint density at radius 3 is 2.56 bits per heavy atom. The molecule has 0 aliphatic rings. The van der Waals surface area contributed by atoms with Crippen LogP contribution in [-0.4, -0.2) is 15.8 Å². The van der Waals surface area contributed by atoms with Crippen molar-refractivity contribution in [2.45, 2.75) is 0 Å². The highest BCUT2D eigenvalue weighted by molar-refractivity contribution is 6.11. The third kappa shape index (κ3) is 1.64. The molecule has 0 unspecified atom stereocenters. The summed E-state index contributed by atoms with van der Waals surface area (Å²) in [5.41, 5.74) is 8.34. The molecule has 0 fully saturated rings. The van der Waals surface area contributed by atoms with Crippen LogP contribution in [0.1, 0.15) is 16.2 Å². The molecule has 0 aliphatic heterocycles. The van der Waals surface area contributed by atoms with Crippen molar-refractivity contribution in [1.29, 1.82) is 0 Å². The van der Waals surface area contributed by atoms with Gasteiger partial charge < -0.3 is 10.7 Å². The van der Waals surface area contributed by atoms with Crippen LogP contribution < -0.4 is 5.73 Å². The summed E-state index contributed by atoms with van der Waals surface area (Å²) in [6.45, 7) is 0. The Morgan fingerprint density at radius 2 is 1.78 bits per heavy atom. The molecule has 0 radical (unpaired) electrons. The first-order valence-electron chi connectivity index (χ1n) is 5.59. The maximum atomic E-state index is 12.3. The number of nitrogens with two attached hydrogens (primary N) is 1. The Bertz CT molecular complexity index is 697. The molecule has 0 saturated heterocycles. The molecule has 2 aromatic carbocycles. The van der Waals surface area contributed by atoms with Gasteiger partial charge in [-0.3, -0.25) is 4.79 Å². The summed E-state index contributed by atoms with van der Waals surface area (Å²) in [5, 5.41) is 0. The number of nitrogens with zero attached hydrogens (tertiary/aromatic N) is 1. The molecule has 4 heteroatoms. The lowest BCUT2D eigenvalue weighted by atomic mass is 10.1. The summed E-state index contributed by atoms with van der Waals surface area (Å²) in [5.74, 6) is 0.124. The van der Waals surface area contributed by atoms with E-state index in [9.17, 15) is 4.79 Å². The van der Waals surface area contributed by atoms with Crippen LogP contribution in [0.4, 0.5) is 5.69 Å². The zero-order chi connectivity index (χ0) is 12.5. The van der Waals surface area contributed by atoms with Crippen molar-refractivity contribution in [1.82, 2.24) is 9.97 Å². The second-order valence-corrected chi connectivity index (χ2v) is 4.02. The SMILES string of the molecule is Nc1ccccc1C(=O)c1nc2ccccc2[nH]1. The summed E-state index contributed by atoms with van der Waals surface area (Å²) in [7, 11) is 0. The molecular formula is C14H11N3O. The van der Waals surface area contributed by atoms with Crippen LogP contribution in [-0.2, 0) is 0 Å². The van der Waals surface area contributed by atoms with Gasteiger partial charge in [0.15, 0.2) is 5.82 Å². The zero-order valence-corrected chi connectivity index (χ0v) is 9.55. The molecule has 88 valence electrons. The molecule has 3 aromatic rings. The van der Waals surface area contributed by atoms with Gasteiger partial charge in [-0.1, -0.05) is 24.3 Å². The van der Waals surface area contributed by atoms with Gasteiger partial charge in [0.1, 0.15) is 0 Å². The van der Waals surface area contributed by atoms with E-state index < -0.39 is 0 Å². The maximum Gasteiger partial charge on any atom is 0.230 e. The fourth-order valence-electron chi connectivity index (χ4n) is 1.89. The topological polar surface area (TPSA) is 71.8 Å². The van der Waals surface area contributed by atoms with E-state index in [1.165, 1.54) is 0 Å². The van der Waals surface area contributed by atoms with Crippen LogP contribution in [0.2, 0.25) is 0 Å². The number of hydrogen-bond acceptors (Lipinski definition) is 3. The van der Waals surface area contributed by atoms with Crippen LogP contribution in [0.15, 0.2) is 48.5 Å². The first-order chi connectivity index (χ1) is 8.75. The average Bonchev–Trinajstić information content (AvgIpc) is 2.82. The van der Waals surface area contributed by atoms with Gasteiger partial charge >= 0.3 is 0 Å². The Labute approximate surface area is 103 Å². The highest BCUT2D eigenvalue weighted by Crippen LogP contribution is 2.17. The summed E-state index contributed by atoms with van der Waals surface area (Å²) in [4.78, 5) is 19.5. The van der Waals surface area contributed by atoms with E-state index in [0.29, 0.717) is 17.1 Å². The van der Waals surface area contributed by atoms with E-state index in [2.05, 4.69) is 9.97 Å². The molecule has 0 spiro atoms. The standard InChI is InChI=1S/C14H11N3O/c15-10-6-2-1-5-9(10)13(18)14-16-11-7-3-4-8-12(11)17-14/h1-8H,15H2,(H,16,17). The van der Waals surface area contributed by atoms with Gasteiger partial charge in [-0.15, -0.1) is 0 Å². The Hall–Kier alpha value is -2.62. The first kappa shape index (κ1) is 10.5. The monoisotopic (exact) mass is 237 g/mol. The number of H-pyrrole nitrogens is 1. The number of aromatic nitrogens is 2. The Balaban J connectivity index is 2.10. The van der Waals surface area contributed by atoms with Crippen molar-refractivity contribution >= 4 is 22.5 Å². The van der Waals surface area contributed by atoms with Crippen molar-refractivity contribution in [3.63, 3.8) is 0 Å². The minimum absolute atomic E-state index is 0.190. The van der Waals surface area contributed by atoms with E-state index in [1.54, 1.807) is 24.3 Å². The predicted octanol–water partition coefficient (Wildman–Crippen LogP) is 2.38. The number of carbonyl (C=O) groups excluding carboxylic acids is 1. The molecule has 3 rings (SSSR count). The van der Waals surface area contributed by atoms with E-state index in [4.69, 9.17) is 5.73 Å². The lowest BCUT2D eigenvalue weighted by Gasteiger charge is -2.01. The second-order valence-electron chi connectivity index (χ2n) is 4.02. The lowest BCUT2D eigenvalue weighted by Crippen LogP contribution is -2.06. The summed E-state index contributed by atoms with van der Waals surface area (Å²) < 4.78 is 0. The number of anilines is 1. The average molecular weight is 237 g/mol. The molecule has 0 bridgehead atoms. The van der Waals surface area contributed by atoms with Crippen molar-refractivity contribution in [2.75, 3.05) is 5.73 Å². The van der Waals surface area contributed by atoms with Gasteiger partial charge in [-0.25, -0.2) is 4.98 Å². The van der Waals surface area contributed by atoms with E-state index in [-0.39, 0.29) is 5.78 Å². The number of rotatable bonds is 2. The second kappa shape index (κ2) is 4.00. The minimum atomic E-state index is -0.190. The molecule has 3 N–H and O–H groups in total. The zero-order valence-electron chi connectivity index (χ0n) is 9.55. The molecule has 0 amide bonds. The molecule has 1 heterocycles. The van der Waals surface area contributed by atoms with Gasteiger partial charge in [0, 0.05) is 11.3 Å². The summed E-state index contributed by atoms with van der Waals surface area (Å²) >= 11 is 0. The third-order valence-electron chi connectivity index (χ3n) is 2.81. The van der Waals surface area contributed by atoms with Crippen LogP contribution in [0.3, 0.4) is 0 Å². The van der Waals surface area contributed by atoms with Gasteiger partial charge in [-0.2, -0.15) is 0 Å². The number of ketones is 1. The quantitative estimate of drug-likeness (QED) is 0.531. The van der Waals surface area contributed by atoms with Gasteiger partial charge in [0.25, 0.3) is 0 Å². The van der Waals surface area contributed by atoms with Crippen molar-refractivity contribution in [2.24, 2.45) is 0 Å². The number of carbonyl (C=O) groups is 1. The number of para-hydroxylation sites is 3. The van der Waals surface area contributed by atoms with Crippen LogP contribution in [0.25, 0.3) is 11.0 Å². The molecule has 4 nitrogen and oxygen atoms in total. The normalized spacial score (nSPS) is 10.7. The number of fused-ring (bicyclic) bond motifs is 1. The number of imidazole rings is 1. The molecule has 18 heavy (non-hydrogen) atoms. The van der Waals surface area contributed by atoms with Crippen LogP contribution in [0.5, 0.6) is 0 Å². The summed E-state index contributed by atoms with van der Waals surface area (Å²) in [6.07, 6.45) is 0. The van der Waals surface area contributed by atoms with Crippen molar-refractivity contribution < 1.29 is 4.79 Å². The minimum Gasteiger partial charge on any atom is -0.398 e. The van der Waals surface area contributed by atoms with Crippen LogP contribution in [0, 0.1) is 0 Å². The number of nitrogen functional groups attached to an aromatic ring is 1. The molecule has 0 atom stereocenters. The third-order valence-corrected chi connectivity index (χ3v) is 2.81. The predicted molar refractivity (Wildman–Crippen MR) is 70.4 cm³/mol. The van der Waals surface area contributed by atoms with E-state index in [0.717, 1.165) is 11.0 Å². The highest BCUT2D eigenvalue weighted by atomic mass is 16.1. The molecule has 0 aliphatic carbocycles. The molecule has 0 saturated carbocycles. The Morgan fingerprint density at radius 1 is 1.06 bits per heavy atom. The van der Waals surface area contributed by atoms with Crippen molar-refractivity contribution in [3.05, 3.63) is 59.9 Å². The van der Waals surface area contributed by atoms with Crippen molar-refractivity contribution in [3.8, 4) is 0 Å². The number of nitrogens with one attached hydrogen (secondary N) is 1. The summed E-state index contributed by atoms with van der Waals surface area (Å²) in [6, 6.07) is 14.5. The molecule has 1 aromatic heterocycles. The van der Waals surface area contributed by atoms with E-state index >= 15 is 0 Å². The maximum absolute atomic E-state index is 12.3. The van der Waals surface area contributed by atoms with E-state index in [1.807, 2.05) is 24.3 Å². The number of hydrogen-bond donors (Lipinski definition) is 2. The van der Waals surface area contributed by atoms with Gasteiger partial charge in [0.05, 0.1) is 11.0 Å². The number of benzene rings is 2. The molecular weight excluding hydrogens is 226 g/mol.